The second-order valence-electron chi connectivity index (χ2n) is 9.94. The van der Waals surface area contributed by atoms with Crippen molar-refractivity contribution in [1.82, 2.24) is 0 Å². The topological polar surface area (TPSA) is 124 Å². The highest BCUT2D eigenvalue weighted by Gasteiger charge is 2.13. The molecule has 0 amide bonds. The molecule has 0 saturated carbocycles. The summed E-state index contributed by atoms with van der Waals surface area (Å²) in [4.78, 5) is 30.6. The van der Waals surface area contributed by atoms with Crippen LogP contribution in [0.3, 0.4) is 0 Å². The predicted molar refractivity (Wildman–Crippen MR) is 146 cm³/mol. The number of hydrogen-bond donors (Lipinski definition) is 3. The fourth-order valence-electron chi connectivity index (χ4n) is 3.65. The Balaban J connectivity index is 0. The molecule has 214 valence electrons. The molecule has 0 aromatic rings. The van der Waals surface area contributed by atoms with Gasteiger partial charge in [-0.25, -0.2) is 0 Å². The van der Waals surface area contributed by atoms with Gasteiger partial charge in [-0.15, -0.1) is 0 Å². The second-order valence-corrected chi connectivity index (χ2v) is 9.94. The van der Waals surface area contributed by atoms with Gasteiger partial charge in [0.1, 0.15) is 0 Å². The highest BCUT2D eigenvalue weighted by atomic mass is 16.6. The van der Waals surface area contributed by atoms with Gasteiger partial charge in [0, 0.05) is 19.3 Å². The minimum absolute atomic E-state index is 0.245. The van der Waals surface area contributed by atoms with Gasteiger partial charge in [0.05, 0.1) is 12.7 Å². The van der Waals surface area contributed by atoms with Crippen LogP contribution in [0, 0.1) is 0 Å². The molecule has 0 aliphatic carbocycles. The first-order valence-corrected chi connectivity index (χ1v) is 14.6. The molecule has 1 aliphatic rings. The number of ether oxygens (including phenoxy) is 1. The van der Waals surface area contributed by atoms with E-state index in [2.05, 4.69) is 13.8 Å². The summed E-state index contributed by atoms with van der Waals surface area (Å²) in [5.74, 6) is -2.13. The number of carboxylic acids is 3. The molecule has 7 heteroatoms. The maximum absolute atomic E-state index is 10.3. The lowest BCUT2D eigenvalue weighted by atomic mass is 10.0. The van der Waals surface area contributed by atoms with Crippen molar-refractivity contribution in [2.24, 2.45) is 0 Å². The molecular weight excluding hydrogens is 460 g/mol. The van der Waals surface area contributed by atoms with E-state index in [9.17, 15) is 14.4 Å². The first kappa shape index (κ1) is 36.5. The fourth-order valence-corrected chi connectivity index (χ4v) is 3.65. The highest BCUT2D eigenvalue weighted by molar-refractivity contribution is 5.67. The lowest BCUT2D eigenvalue weighted by Crippen LogP contribution is -1.94. The molecule has 1 fully saturated rings. The van der Waals surface area contributed by atoms with Gasteiger partial charge in [-0.1, -0.05) is 110 Å². The summed E-state index contributed by atoms with van der Waals surface area (Å²) in [6.07, 6.45) is 23.7. The molecule has 1 heterocycles. The van der Waals surface area contributed by atoms with Crippen LogP contribution in [0.4, 0.5) is 0 Å². The van der Waals surface area contributed by atoms with Crippen LogP contribution in [-0.4, -0.2) is 45.9 Å². The molecule has 1 aliphatic heterocycles. The smallest absolute Gasteiger partial charge is 0.303 e. The summed E-state index contributed by atoms with van der Waals surface area (Å²) >= 11 is 0. The van der Waals surface area contributed by atoms with E-state index in [4.69, 9.17) is 20.1 Å². The van der Waals surface area contributed by atoms with Gasteiger partial charge in [0.2, 0.25) is 0 Å². The molecule has 3 N–H and O–H groups in total. The van der Waals surface area contributed by atoms with Crippen LogP contribution in [0.25, 0.3) is 0 Å². The van der Waals surface area contributed by atoms with Crippen LogP contribution in [0.15, 0.2) is 0 Å². The van der Waals surface area contributed by atoms with E-state index in [1.807, 2.05) is 0 Å². The van der Waals surface area contributed by atoms with Gasteiger partial charge in [0.15, 0.2) is 0 Å². The van der Waals surface area contributed by atoms with E-state index in [0.29, 0.717) is 12.5 Å². The van der Waals surface area contributed by atoms with E-state index in [0.717, 1.165) is 58.0 Å². The Morgan fingerprint density at radius 2 is 0.722 bits per heavy atom. The Morgan fingerprint density at radius 1 is 0.528 bits per heavy atom. The predicted octanol–water partition coefficient (Wildman–Crippen LogP) is 8.23. The fraction of sp³-hybridized carbons (Fsp3) is 0.897. The van der Waals surface area contributed by atoms with Gasteiger partial charge >= 0.3 is 17.9 Å². The summed E-state index contributed by atoms with van der Waals surface area (Å²) in [6, 6.07) is 0. The minimum atomic E-state index is -0.740. The second kappa shape index (κ2) is 29.6. The van der Waals surface area contributed by atoms with Crippen molar-refractivity contribution >= 4 is 17.9 Å². The lowest BCUT2D eigenvalue weighted by Gasteiger charge is -2.02. The number of carbonyl (C=O) groups is 3. The summed E-state index contributed by atoms with van der Waals surface area (Å²) in [5, 5.41) is 25.2. The van der Waals surface area contributed by atoms with Crippen LogP contribution >= 0.6 is 0 Å². The molecule has 1 atom stereocenters. The van der Waals surface area contributed by atoms with Crippen LogP contribution < -0.4 is 0 Å². The van der Waals surface area contributed by atoms with Crippen molar-refractivity contribution in [3.05, 3.63) is 0 Å². The number of hydrogen-bond acceptors (Lipinski definition) is 4. The van der Waals surface area contributed by atoms with Crippen molar-refractivity contribution in [3.63, 3.8) is 0 Å². The first-order valence-electron chi connectivity index (χ1n) is 14.6. The van der Waals surface area contributed by atoms with E-state index in [1.54, 1.807) is 0 Å². The number of unbranched alkanes of at least 4 members (excludes halogenated alkanes) is 17. The highest BCUT2D eigenvalue weighted by Crippen LogP contribution is 2.13. The van der Waals surface area contributed by atoms with Gasteiger partial charge < -0.3 is 20.1 Å². The van der Waals surface area contributed by atoms with E-state index < -0.39 is 17.9 Å². The van der Waals surface area contributed by atoms with Crippen molar-refractivity contribution < 1.29 is 34.4 Å². The maximum atomic E-state index is 10.3. The third kappa shape index (κ3) is 42.5. The Bertz CT molecular complexity index is 484. The van der Waals surface area contributed by atoms with Crippen LogP contribution in [0.5, 0.6) is 0 Å². The third-order valence-corrected chi connectivity index (χ3v) is 6.03. The monoisotopic (exact) mass is 516 g/mol. The largest absolute Gasteiger partial charge is 0.481 e. The quantitative estimate of drug-likeness (QED) is 0.0922. The van der Waals surface area contributed by atoms with Gasteiger partial charge in [-0.05, 0) is 26.2 Å². The molecule has 1 saturated heterocycles. The van der Waals surface area contributed by atoms with Gasteiger partial charge in [-0.3, -0.25) is 14.4 Å². The number of epoxide rings is 1. The maximum Gasteiger partial charge on any atom is 0.303 e. The Labute approximate surface area is 220 Å². The normalized spacial score (nSPS) is 13.7. The molecule has 0 radical (unpaired) electrons. The van der Waals surface area contributed by atoms with E-state index in [-0.39, 0.29) is 12.8 Å². The van der Waals surface area contributed by atoms with Gasteiger partial charge in [-0.2, -0.15) is 0 Å². The van der Waals surface area contributed by atoms with Crippen LogP contribution in [0.1, 0.15) is 155 Å². The number of rotatable bonds is 23. The zero-order valence-corrected chi connectivity index (χ0v) is 23.3. The van der Waals surface area contributed by atoms with E-state index >= 15 is 0 Å². The zero-order chi connectivity index (χ0) is 27.3. The molecule has 0 aromatic heterocycles. The average molecular weight is 517 g/mol. The van der Waals surface area contributed by atoms with Crippen molar-refractivity contribution in [1.29, 1.82) is 0 Å². The van der Waals surface area contributed by atoms with Crippen molar-refractivity contribution in [3.8, 4) is 0 Å². The molecule has 0 bridgehead atoms. The molecule has 0 spiro atoms. The Hall–Kier alpha value is -1.63. The van der Waals surface area contributed by atoms with Crippen LogP contribution in [0.2, 0.25) is 0 Å². The van der Waals surface area contributed by atoms with Crippen molar-refractivity contribution in [2.45, 2.75) is 161 Å². The van der Waals surface area contributed by atoms with E-state index in [1.165, 1.54) is 70.6 Å². The lowest BCUT2D eigenvalue weighted by molar-refractivity contribution is -0.138. The van der Waals surface area contributed by atoms with Crippen molar-refractivity contribution in [2.75, 3.05) is 6.61 Å². The molecule has 7 nitrogen and oxygen atoms in total. The Morgan fingerprint density at radius 3 is 0.889 bits per heavy atom. The molecule has 1 unspecified atom stereocenters. The van der Waals surface area contributed by atoms with Crippen LogP contribution in [-0.2, 0) is 19.1 Å². The third-order valence-electron chi connectivity index (χ3n) is 6.03. The zero-order valence-electron chi connectivity index (χ0n) is 23.3. The minimum Gasteiger partial charge on any atom is -0.481 e. The molecule has 1 rings (SSSR count). The molecule has 0 aromatic carbocycles. The number of aliphatic carboxylic acids is 3. The Kier molecular flexibility index (Phi) is 30.0. The first-order chi connectivity index (χ1) is 17.3. The summed E-state index contributed by atoms with van der Waals surface area (Å²) in [7, 11) is 0. The summed E-state index contributed by atoms with van der Waals surface area (Å²) in [5.41, 5.74) is 0. The summed E-state index contributed by atoms with van der Waals surface area (Å²) < 4.78 is 4.71. The molecular formula is C29H56O7. The SMILES string of the molecule is CC1CO1.CCCCCCCCCCCCCCCC(=O)O.O=C(O)CCCCCCCCC(=O)O. The van der Waals surface area contributed by atoms with Gasteiger partial charge in [0.25, 0.3) is 0 Å². The molecule has 36 heavy (non-hydrogen) atoms. The number of carboxylic acid groups (broad SMARTS) is 3. The average Bonchev–Trinajstić information content (AvgIpc) is 3.61. The summed E-state index contributed by atoms with van der Waals surface area (Å²) in [6.45, 7) is 5.30. The standard InChI is InChI=1S/C16H32O2.C10H18O4.C3H6O/c1-2-3-4-5-6-7-8-9-10-11-12-13-14-15-16(17)18;11-9(12)7-5-3-1-2-4-6-8-10(13)14;1-3-2-4-3/h2-15H2,1H3,(H,17,18);1-8H2,(H,11,12)(H,13,14);3H,2H2,1H3.